The van der Waals surface area contributed by atoms with Crippen molar-refractivity contribution in [2.45, 2.75) is 32.1 Å². The zero-order chi connectivity index (χ0) is 7.52. The molecule has 0 aliphatic heterocycles. The molecular formula is C11H14. The summed E-state index contributed by atoms with van der Waals surface area (Å²) in [5.41, 5.74) is 3.30. The minimum Gasteiger partial charge on any atom is -0.0801 e. The van der Waals surface area contributed by atoms with Crippen LogP contribution in [0.4, 0.5) is 0 Å². The van der Waals surface area contributed by atoms with Crippen molar-refractivity contribution in [1.82, 2.24) is 0 Å². The van der Waals surface area contributed by atoms with Gasteiger partial charge in [-0.25, -0.2) is 0 Å². The van der Waals surface area contributed by atoms with Gasteiger partial charge in [-0.15, -0.1) is 0 Å². The van der Waals surface area contributed by atoms with Gasteiger partial charge in [-0.3, -0.25) is 0 Å². The largest absolute Gasteiger partial charge is 0.0801 e. The van der Waals surface area contributed by atoms with E-state index in [9.17, 15) is 0 Å². The van der Waals surface area contributed by atoms with Gasteiger partial charge in [0.15, 0.2) is 0 Å². The SMILES string of the molecule is C1=CCC(=C2CCCC2)C=C1. The van der Waals surface area contributed by atoms with Crippen LogP contribution in [0.3, 0.4) is 0 Å². The van der Waals surface area contributed by atoms with E-state index in [0.29, 0.717) is 0 Å². The van der Waals surface area contributed by atoms with Gasteiger partial charge in [0.05, 0.1) is 0 Å². The second-order valence-corrected chi connectivity index (χ2v) is 3.33. The fraction of sp³-hybridized carbons (Fsp3) is 0.455. The van der Waals surface area contributed by atoms with E-state index in [1.54, 1.807) is 11.1 Å². The molecule has 0 nitrogen and oxygen atoms in total. The molecule has 0 heterocycles. The molecule has 0 amide bonds. The van der Waals surface area contributed by atoms with E-state index in [0.717, 1.165) is 0 Å². The van der Waals surface area contributed by atoms with E-state index >= 15 is 0 Å². The van der Waals surface area contributed by atoms with Crippen LogP contribution in [0.5, 0.6) is 0 Å². The number of hydrogen-bond donors (Lipinski definition) is 0. The lowest BCUT2D eigenvalue weighted by Crippen LogP contribution is -1.86. The Kier molecular flexibility index (Phi) is 1.93. The average molecular weight is 146 g/mol. The molecule has 2 rings (SSSR count). The highest BCUT2D eigenvalue weighted by molar-refractivity contribution is 5.34. The first kappa shape index (κ1) is 6.90. The maximum atomic E-state index is 2.28. The Balaban J connectivity index is 2.18. The predicted octanol–water partition coefficient (Wildman–Crippen LogP) is 3.37. The van der Waals surface area contributed by atoms with Gasteiger partial charge in [-0.1, -0.05) is 29.9 Å². The van der Waals surface area contributed by atoms with Gasteiger partial charge in [-0.05, 0) is 37.7 Å². The summed E-state index contributed by atoms with van der Waals surface area (Å²) in [6.45, 7) is 0. The first-order chi connectivity index (χ1) is 5.47. The molecule has 0 bridgehead atoms. The highest BCUT2D eigenvalue weighted by Gasteiger charge is 2.10. The number of allylic oxidation sites excluding steroid dienone is 6. The molecule has 0 aromatic rings. The maximum Gasteiger partial charge on any atom is -0.00948 e. The fourth-order valence-electron chi connectivity index (χ4n) is 1.90. The van der Waals surface area contributed by atoms with E-state index in [1.807, 2.05) is 0 Å². The Labute approximate surface area is 68.3 Å². The Morgan fingerprint density at radius 3 is 2.45 bits per heavy atom. The smallest absolute Gasteiger partial charge is 0.00948 e. The summed E-state index contributed by atoms with van der Waals surface area (Å²) < 4.78 is 0. The molecule has 0 aromatic carbocycles. The lowest BCUT2D eigenvalue weighted by Gasteiger charge is -2.06. The highest BCUT2D eigenvalue weighted by Crippen LogP contribution is 2.29. The van der Waals surface area contributed by atoms with Crippen LogP contribution >= 0.6 is 0 Å². The zero-order valence-electron chi connectivity index (χ0n) is 6.84. The van der Waals surface area contributed by atoms with E-state index in [-0.39, 0.29) is 0 Å². The molecule has 11 heavy (non-hydrogen) atoms. The lowest BCUT2D eigenvalue weighted by atomic mass is 10.0. The van der Waals surface area contributed by atoms with Crippen LogP contribution in [-0.2, 0) is 0 Å². The van der Waals surface area contributed by atoms with Crippen LogP contribution in [0, 0.1) is 0 Å². The van der Waals surface area contributed by atoms with Crippen molar-refractivity contribution < 1.29 is 0 Å². The van der Waals surface area contributed by atoms with Gasteiger partial charge in [-0.2, -0.15) is 0 Å². The summed E-state index contributed by atoms with van der Waals surface area (Å²) in [6, 6.07) is 0. The summed E-state index contributed by atoms with van der Waals surface area (Å²) in [7, 11) is 0. The molecule has 0 saturated heterocycles. The van der Waals surface area contributed by atoms with Crippen molar-refractivity contribution in [3.8, 4) is 0 Å². The summed E-state index contributed by atoms with van der Waals surface area (Å²) in [6.07, 6.45) is 15.5. The van der Waals surface area contributed by atoms with Crippen LogP contribution in [0.2, 0.25) is 0 Å². The normalized spacial score (nSPS) is 23.3. The van der Waals surface area contributed by atoms with Gasteiger partial charge < -0.3 is 0 Å². The van der Waals surface area contributed by atoms with Crippen molar-refractivity contribution in [3.63, 3.8) is 0 Å². The van der Waals surface area contributed by atoms with Crippen molar-refractivity contribution in [2.75, 3.05) is 0 Å². The van der Waals surface area contributed by atoms with Gasteiger partial charge >= 0.3 is 0 Å². The van der Waals surface area contributed by atoms with Crippen molar-refractivity contribution >= 4 is 0 Å². The van der Waals surface area contributed by atoms with Gasteiger partial charge in [0.2, 0.25) is 0 Å². The van der Waals surface area contributed by atoms with Gasteiger partial charge in [0.1, 0.15) is 0 Å². The molecule has 0 N–H and O–H groups in total. The summed E-state index contributed by atoms with van der Waals surface area (Å²) in [4.78, 5) is 0. The second-order valence-electron chi connectivity index (χ2n) is 3.33. The lowest BCUT2D eigenvalue weighted by molar-refractivity contribution is 0.886. The van der Waals surface area contributed by atoms with Gasteiger partial charge in [0.25, 0.3) is 0 Å². The van der Waals surface area contributed by atoms with Crippen LogP contribution in [-0.4, -0.2) is 0 Å². The molecule has 58 valence electrons. The van der Waals surface area contributed by atoms with E-state index in [4.69, 9.17) is 0 Å². The Bertz CT molecular complexity index is 220. The van der Waals surface area contributed by atoms with Crippen LogP contribution in [0.15, 0.2) is 35.5 Å². The van der Waals surface area contributed by atoms with E-state index in [1.165, 1.54) is 32.1 Å². The molecule has 2 aliphatic carbocycles. The fourth-order valence-corrected chi connectivity index (χ4v) is 1.90. The van der Waals surface area contributed by atoms with Crippen LogP contribution in [0.25, 0.3) is 0 Å². The topological polar surface area (TPSA) is 0 Å². The summed E-state index contributed by atoms with van der Waals surface area (Å²) in [5, 5.41) is 0. The molecule has 1 fully saturated rings. The van der Waals surface area contributed by atoms with Crippen molar-refractivity contribution in [2.24, 2.45) is 0 Å². The molecule has 0 unspecified atom stereocenters. The zero-order valence-corrected chi connectivity index (χ0v) is 6.84. The number of rotatable bonds is 0. The third-order valence-corrected chi connectivity index (χ3v) is 2.54. The molecule has 0 radical (unpaired) electrons. The maximum absolute atomic E-state index is 2.28. The predicted molar refractivity (Wildman–Crippen MR) is 48.4 cm³/mol. The number of hydrogen-bond acceptors (Lipinski definition) is 0. The van der Waals surface area contributed by atoms with Crippen molar-refractivity contribution in [3.05, 3.63) is 35.5 Å². The van der Waals surface area contributed by atoms with E-state index < -0.39 is 0 Å². The molecule has 0 heteroatoms. The molecule has 0 atom stereocenters. The molecule has 1 saturated carbocycles. The third-order valence-electron chi connectivity index (χ3n) is 2.54. The quantitative estimate of drug-likeness (QED) is 0.491. The van der Waals surface area contributed by atoms with Gasteiger partial charge in [0, 0.05) is 0 Å². The monoisotopic (exact) mass is 146 g/mol. The first-order valence-corrected chi connectivity index (χ1v) is 4.51. The molecule has 2 aliphatic rings. The molecule has 0 aromatic heterocycles. The highest BCUT2D eigenvalue weighted by atomic mass is 14.2. The van der Waals surface area contributed by atoms with E-state index in [2.05, 4.69) is 24.3 Å². The molecule has 0 spiro atoms. The summed E-state index contributed by atoms with van der Waals surface area (Å²) in [5.74, 6) is 0. The van der Waals surface area contributed by atoms with Crippen LogP contribution < -0.4 is 0 Å². The van der Waals surface area contributed by atoms with Crippen LogP contribution in [0.1, 0.15) is 32.1 Å². The standard InChI is InChI=1S/C11H14/c1-2-6-10(7-3-1)11-8-4-5-9-11/h1-3,6H,4-5,7-9H2. The Hall–Kier alpha value is -0.780. The Morgan fingerprint density at radius 1 is 1.00 bits per heavy atom. The second kappa shape index (κ2) is 3.08. The first-order valence-electron chi connectivity index (χ1n) is 4.51. The van der Waals surface area contributed by atoms with Crippen molar-refractivity contribution in [1.29, 1.82) is 0 Å². The minimum atomic E-state index is 1.17. The average Bonchev–Trinajstić information content (AvgIpc) is 2.58. The summed E-state index contributed by atoms with van der Waals surface area (Å²) >= 11 is 0. The Morgan fingerprint density at radius 2 is 1.82 bits per heavy atom. The minimum absolute atomic E-state index is 1.17. The third kappa shape index (κ3) is 1.45. The molecular weight excluding hydrogens is 132 g/mol.